The highest BCUT2D eigenvalue weighted by Crippen LogP contribution is 2.19. The number of nitrogens with one attached hydrogen (secondary N) is 4. The molecule has 11 heteroatoms. The third kappa shape index (κ3) is 6.78. The highest BCUT2D eigenvalue weighted by molar-refractivity contribution is 5.94. The Balaban J connectivity index is 2.33. The minimum atomic E-state index is -1.35. The number of carboxylic acids is 1. The van der Waals surface area contributed by atoms with Crippen molar-refractivity contribution in [2.75, 3.05) is 6.54 Å². The zero-order valence-electron chi connectivity index (χ0n) is 19.5. The number of amides is 3. The van der Waals surface area contributed by atoms with Crippen molar-refractivity contribution < 1.29 is 29.4 Å². The van der Waals surface area contributed by atoms with Crippen molar-refractivity contribution >= 4 is 34.6 Å². The number of aromatic amines is 1. The van der Waals surface area contributed by atoms with Crippen LogP contribution in [0.4, 0.5) is 0 Å². The third-order valence-electron chi connectivity index (χ3n) is 5.78. The number of aliphatic carboxylic acids is 1. The first kappa shape index (κ1) is 26.8. The van der Waals surface area contributed by atoms with E-state index in [0.29, 0.717) is 6.42 Å². The van der Waals surface area contributed by atoms with Crippen LogP contribution in [0.3, 0.4) is 0 Å². The molecule has 5 atom stereocenters. The first-order valence-corrected chi connectivity index (χ1v) is 11.1. The number of hydrogen-bond donors (Lipinski definition) is 7. The van der Waals surface area contributed by atoms with E-state index in [2.05, 4.69) is 20.9 Å². The van der Waals surface area contributed by atoms with E-state index < -0.39 is 47.9 Å². The fourth-order valence-corrected chi connectivity index (χ4v) is 3.57. The molecule has 0 aliphatic rings. The van der Waals surface area contributed by atoms with Gasteiger partial charge >= 0.3 is 5.97 Å². The molecule has 1 aromatic carbocycles. The number of carbonyl (C=O) groups is 4. The van der Waals surface area contributed by atoms with Crippen LogP contribution in [0, 0.1) is 5.92 Å². The molecule has 1 heterocycles. The van der Waals surface area contributed by atoms with Gasteiger partial charge < -0.3 is 36.9 Å². The van der Waals surface area contributed by atoms with Crippen molar-refractivity contribution in [3.05, 3.63) is 36.0 Å². The van der Waals surface area contributed by atoms with Gasteiger partial charge in [-0.2, -0.15) is 0 Å². The number of H-pyrrole nitrogens is 1. The van der Waals surface area contributed by atoms with Crippen LogP contribution in [0.5, 0.6) is 0 Å². The molecule has 11 nitrogen and oxygen atoms in total. The number of aromatic nitrogens is 1. The van der Waals surface area contributed by atoms with Crippen LogP contribution in [0.1, 0.15) is 32.8 Å². The molecule has 0 saturated carbocycles. The summed E-state index contributed by atoms with van der Waals surface area (Å²) in [5.41, 5.74) is 6.85. The Labute approximate surface area is 197 Å². The van der Waals surface area contributed by atoms with Gasteiger partial charge in [0.1, 0.15) is 18.1 Å². The van der Waals surface area contributed by atoms with Crippen molar-refractivity contribution in [3.63, 3.8) is 0 Å². The van der Waals surface area contributed by atoms with Gasteiger partial charge in [-0.25, -0.2) is 4.79 Å². The van der Waals surface area contributed by atoms with E-state index in [9.17, 15) is 29.4 Å². The van der Waals surface area contributed by atoms with E-state index in [1.54, 1.807) is 13.1 Å². The monoisotopic (exact) mass is 475 g/mol. The fraction of sp³-hybridized carbons (Fsp3) is 0.478. The van der Waals surface area contributed by atoms with E-state index in [4.69, 9.17) is 5.73 Å². The molecule has 34 heavy (non-hydrogen) atoms. The lowest BCUT2D eigenvalue weighted by atomic mass is 9.98. The second-order valence-corrected chi connectivity index (χ2v) is 8.32. The number of nitrogens with two attached hydrogens (primary N) is 1. The van der Waals surface area contributed by atoms with Gasteiger partial charge in [0.15, 0.2) is 0 Å². The van der Waals surface area contributed by atoms with Crippen LogP contribution < -0.4 is 21.7 Å². The highest BCUT2D eigenvalue weighted by atomic mass is 16.4. The molecular weight excluding hydrogens is 442 g/mol. The van der Waals surface area contributed by atoms with Crippen molar-refractivity contribution in [1.29, 1.82) is 0 Å². The van der Waals surface area contributed by atoms with Gasteiger partial charge in [0.05, 0.1) is 12.6 Å². The molecule has 0 fully saturated rings. The summed E-state index contributed by atoms with van der Waals surface area (Å²) < 4.78 is 0. The molecule has 2 rings (SSSR count). The Morgan fingerprint density at radius 3 is 2.29 bits per heavy atom. The minimum absolute atomic E-state index is 0.0474. The summed E-state index contributed by atoms with van der Waals surface area (Å²) in [5.74, 6) is -3.67. The SMILES string of the molecule is CCC(C)C(NC(=O)C(Cc1c[nH]c2ccccc12)NC(=O)C(NC(=O)CN)C(C)O)C(=O)O. The number of carboxylic acid groups (broad SMARTS) is 1. The maximum atomic E-state index is 13.2. The van der Waals surface area contributed by atoms with Crippen LogP contribution in [-0.4, -0.2) is 69.7 Å². The Morgan fingerprint density at radius 2 is 1.71 bits per heavy atom. The summed E-state index contributed by atoms with van der Waals surface area (Å²) >= 11 is 0. The number of aliphatic hydroxyl groups excluding tert-OH is 1. The summed E-state index contributed by atoms with van der Waals surface area (Å²) in [4.78, 5) is 52.6. The zero-order chi connectivity index (χ0) is 25.4. The molecule has 0 bridgehead atoms. The molecule has 0 aliphatic carbocycles. The second kappa shape index (κ2) is 12.1. The molecule has 186 valence electrons. The van der Waals surface area contributed by atoms with E-state index in [1.807, 2.05) is 31.2 Å². The average molecular weight is 476 g/mol. The van der Waals surface area contributed by atoms with Crippen molar-refractivity contribution in [1.82, 2.24) is 20.9 Å². The molecule has 1 aromatic heterocycles. The predicted molar refractivity (Wildman–Crippen MR) is 126 cm³/mol. The predicted octanol–water partition coefficient (Wildman–Crippen LogP) is -0.365. The Kier molecular flexibility index (Phi) is 9.58. The van der Waals surface area contributed by atoms with Gasteiger partial charge in [-0.1, -0.05) is 38.5 Å². The fourth-order valence-electron chi connectivity index (χ4n) is 3.57. The maximum absolute atomic E-state index is 13.2. The van der Waals surface area contributed by atoms with Crippen LogP contribution in [-0.2, 0) is 25.6 Å². The van der Waals surface area contributed by atoms with Crippen molar-refractivity contribution in [2.45, 2.75) is 57.8 Å². The highest BCUT2D eigenvalue weighted by Gasteiger charge is 2.33. The molecule has 0 spiro atoms. The van der Waals surface area contributed by atoms with E-state index in [1.165, 1.54) is 6.92 Å². The van der Waals surface area contributed by atoms with Gasteiger partial charge in [-0.15, -0.1) is 0 Å². The first-order valence-electron chi connectivity index (χ1n) is 11.1. The molecule has 0 saturated heterocycles. The molecule has 8 N–H and O–H groups in total. The first-order chi connectivity index (χ1) is 16.1. The number of para-hydroxylation sites is 1. The Morgan fingerprint density at radius 1 is 1.03 bits per heavy atom. The summed E-state index contributed by atoms with van der Waals surface area (Å²) in [6, 6.07) is 3.74. The average Bonchev–Trinajstić information content (AvgIpc) is 3.21. The molecule has 5 unspecified atom stereocenters. The van der Waals surface area contributed by atoms with Gasteiger partial charge in [-0.3, -0.25) is 14.4 Å². The number of benzene rings is 1. The van der Waals surface area contributed by atoms with E-state index >= 15 is 0 Å². The lowest BCUT2D eigenvalue weighted by Gasteiger charge is -2.27. The summed E-state index contributed by atoms with van der Waals surface area (Å²) in [6.07, 6.45) is 1.01. The molecule has 3 amide bonds. The number of hydrogen-bond acceptors (Lipinski definition) is 6. The normalized spacial score (nSPS) is 15.6. The summed E-state index contributed by atoms with van der Waals surface area (Å²) in [6.45, 7) is 4.45. The minimum Gasteiger partial charge on any atom is -0.480 e. The van der Waals surface area contributed by atoms with Crippen LogP contribution in [0.2, 0.25) is 0 Å². The summed E-state index contributed by atoms with van der Waals surface area (Å²) in [7, 11) is 0. The van der Waals surface area contributed by atoms with Crippen LogP contribution in [0.25, 0.3) is 10.9 Å². The largest absolute Gasteiger partial charge is 0.480 e. The number of aliphatic hydroxyl groups is 1. The van der Waals surface area contributed by atoms with Crippen molar-refractivity contribution in [2.24, 2.45) is 11.7 Å². The van der Waals surface area contributed by atoms with E-state index in [0.717, 1.165) is 16.5 Å². The zero-order valence-corrected chi connectivity index (χ0v) is 19.5. The van der Waals surface area contributed by atoms with Crippen LogP contribution in [0.15, 0.2) is 30.5 Å². The molecular formula is C23H33N5O6. The smallest absolute Gasteiger partial charge is 0.326 e. The van der Waals surface area contributed by atoms with Crippen molar-refractivity contribution in [3.8, 4) is 0 Å². The van der Waals surface area contributed by atoms with Gasteiger partial charge in [0.25, 0.3) is 0 Å². The Bertz CT molecular complexity index is 1020. The second-order valence-electron chi connectivity index (χ2n) is 8.32. The molecule has 2 aromatic rings. The maximum Gasteiger partial charge on any atom is 0.326 e. The van der Waals surface area contributed by atoms with Crippen LogP contribution >= 0.6 is 0 Å². The number of rotatable bonds is 12. The Hall–Kier alpha value is -3.44. The van der Waals surface area contributed by atoms with Gasteiger partial charge in [0.2, 0.25) is 17.7 Å². The van der Waals surface area contributed by atoms with Gasteiger partial charge in [-0.05, 0) is 24.5 Å². The quantitative estimate of drug-likeness (QED) is 0.218. The summed E-state index contributed by atoms with van der Waals surface area (Å²) in [5, 5.41) is 27.8. The third-order valence-corrected chi connectivity index (χ3v) is 5.78. The lowest BCUT2D eigenvalue weighted by Crippen LogP contribution is -2.59. The standard InChI is InChI=1S/C23H33N5O6/c1-4-12(2)19(23(33)34)28-21(31)17(9-14-11-25-16-8-6-5-7-15(14)16)26-22(32)20(13(3)29)27-18(30)10-24/h5-8,11-13,17,19-20,25,29H,4,9-10,24H2,1-3H3,(H,26,32)(H,27,30)(H,28,31)(H,33,34). The molecule has 0 radical (unpaired) electrons. The van der Waals surface area contributed by atoms with E-state index in [-0.39, 0.29) is 18.9 Å². The van der Waals surface area contributed by atoms with Gasteiger partial charge in [0, 0.05) is 23.5 Å². The molecule has 0 aliphatic heterocycles. The lowest BCUT2D eigenvalue weighted by molar-refractivity contribution is -0.144. The number of carbonyl (C=O) groups excluding carboxylic acids is 3. The topological polar surface area (TPSA) is 187 Å². The number of fused-ring (bicyclic) bond motifs is 1.